The second kappa shape index (κ2) is 5.64. The predicted molar refractivity (Wildman–Crippen MR) is 82.5 cm³/mol. The van der Waals surface area contributed by atoms with E-state index in [1.54, 1.807) is 0 Å². The van der Waals surface area contributed by atoms with E-state index < -0.39 is 0 Å². The summed E-state index contributed by atoms with van der Waals surface area (Å²) < 4.78 is 0. The number of likely N-dealkylation sites (N-methyl/N-ethyl adjacent to an activating group) is 1. The zero-order valence-electron chi connectivity index (χ0n) is 12.9. The molecule has 106 valence electrons. The first-order valence-electron chi connectivity index (χ1n) is 7.45. The third-order valence-corrected chi connectivity index (χ3v) is 5.12. The summed E-state index contributed by atoms with van der Waals surface area (Å²) in [7, 11) is 4.38. The summed E-state index contributed by atoms with van der Waals surface area (Å²) >= 11 is 0. The van der Waals surface area contributed by atoms with E-state index in [0.29, 0.717) is 0 Å². The molecule has 0 bridgehead atoms. The van der Waals surface area contributed by atoms with Gasteiger partial charge in [0.05, 0.1) is 0 Å². The molecule has 19 heavy (non-hydrogen) atoms. The van der Waals surface area contributed by atoms with Crippen molar-refractivity contribution in [2.75, 3.05) is 14.1 Å². The fourth-order valence-electron chi connectivity index (χ4n) is 3.72. The molecule has 1 aliphatic rings. The number of hydrogen-bond acceptors (Lipinski definition) is 2. The number of nitrogens with zero attached hydrogens (tertiary/aromatic N) is 1. The lowest BCUT2D eigenvalue weighted by Crippen LogP contribution is -2.56. The van der Waals surface area contributed by atoms with Crippen LogP contribution >= 0.6 is 0 Å². The van der Waals surface area contributed by atoms with Crippen molar-refractivity contribution in [1.82, 2.24) is 4.90 Å². The van der Waals surface area contributed by atoms with E-state index in [4.69, 9.17) is 5.73 Å². The maximum absolute atomic E-state index is 6.64. The molecule has 1 fully saturated rings. The van der Waals surface area contributed by atoms with Gasteiger partial charge in [-0.25, -0.2) is 0 Å². The van der Waals surface area contributed by atoms with Crippen LogP contribution in [0.1, 0.15) is 42.4 Å². The van der Waals surface area contributed by atoms with Gasteiger partial charge in [0.15, 0.2) is 0 Å². The van der Waals surface area contributed by atoms with Crippen molar-refractivity contribution < 1.29 is 0 Å². The molecule has 1 unspecified atom stereocenters. The third kappa shape index (κ3) is 2.70. The van der Waals surface area contributed by atoms with E-state index in [2.05, 4.69) is 51.0 Å². The van der Waals surface area contributed by atoms with E-state index in [1.165, 1.54) is 42.4 Å². The first-order valence-corrected chi connectivity index (χ1v) is 7.45. The van der Waals surface area contributed by atoms with Crippen LogP contribution in [0.5, 0.6) is 0 Å². The molecule has 0 aliphatic heterocycles. The number of hydrogen-bond donors (Lipinski definition) is 1. The Morgan fingerprint density at radius 1 is 1.16 bits per heavy atom. The van der Waals surface area contributed by atoms with Crippen LogP contribution in [-0.2, 0) is 6.42 Å². The molecule has 2 heteroatoms. The molecule has 2 rings (SSSR count). The van der Waals surface area contributed by atoms with Crippen LogP contribution in [0.25, 0.3) is 0 Å². The van der Waals surface area contributed by atoms with E-state index >= 15 is 0 Å². The molecular weight excluding hydrogens is 232 g/mol. The highest BCUT2D eigenvalue weighted by atomic mass is 15.2. The summed E-state index contributed by atoms with van der Waals surface area (Å²) in [6, 6.07) is 6.76. The highest BCUT2D eigenvalue weighted by Gasteiger charge is 2.41. The predicted octanol–water partition coefficient (Wildman–Crippen LogP) is 3.05. The van der Waals surface area contributed by atoms with Crippen LogP contribution in [0.4, 0.5) is 0 Å². The Hall–Kier alpha value is -0.860. The Bertz CT molecular complexity index is 411. The quantitative estimate of drug-likeness (QED) is 0.901. The molecule has 0 radical (unpaired) electrons. The fraction of sp³-hybridized carbons (Fsp3) is 0.647. The highest BCUT2D eigenvalue weighted by Crippen LogP contribution is 2.37. The highest BCUT2D eigenvalue weighted by molar-refractivity contribution is 5.34. The number of rotatable bonds is 4. The van der Waals surface area contributed by atoms with Crippen molar-refractivity contribution in [1.29, 1.82) is 0 Å². The Kier molecular flexibility index (Phi) is 4.32. The molecule has 0 heterocycles. The molecule has 0 spiro atoms. The van der Waals surface area contributed by atoms with Gasteiger partial charge in [0.25, 0.3) is 0 Å². The van der Waals surface area contributed by atoms with Gasteiger partial charge in [-0.2, -0.15) is 0 Å². The van der Waals surface area contributed by atoms with E-state index in [0.717, 1.165) is 6.42 Å². The number of nitrogens with two attached hydrogens (primary N) is 1. The molecule has 0 saturated heterocycles. The molecule has 2 N–H and O–H groups in total. The van der Waals surface area contributed by atoms with Crippen molar-refractivity contribution in [2.24, 2.45) is 5.73 Å². The largest absolute Gasteiger partial charge is 0.326 e. The van der Waals surface area contributed by atoms with E-state index in [1.807, 2.05) is 0 Å². The van der Waals surface area contributed by atoms with Gasteiger partial charge in [-0.3, -0.25) is 0 Å². The van der Waals surface area contributed by atoms with E-state index in [-0.39, 0.29) is 11.6 Å². The lowest BCUT2D eigenvalue weighted by molar-refractivity contribution is 0.123. The lowest BCUT2D eigenvalue weighted by Gasteiger charge is -2.42. The minimum atomic E-state index is 0.203. The average molecular weight is 260 g/mol. The van der Waals surface area contributed by atoms with Gasteiger partial charge in [0, 0.05) is 11.6 Å². The molecule has 1 aromatic carbocycles. The van der Waals surface area contributed by atoms with Gasteiger partial charge in [0.1, 0.15) is 0 Å². The van der Waals surface area contributed by atoms with Gasteiger partial charge in [-0.1, -0.05) is 31.0 Å². The van der Waals surface area contributed by atoms with Crippen molar-refractivity contribution in [3.8, 4) is 0 Å². The Morgan fingerprint density at radius 3 is 2.16 bits per heavy atom. The zero-order chi connectivity index (χ0) is 14.0. The molecule has 1 atom stereocenters. The normalized spacial score (nSPS) is 19.9. The smallest absolute Gasteiger partial charge is 0.0357 e. The minimum absolute atomic E-state index is 0.203. The molecule has 0 aromatic heterocycles. The van der Waals surface area contributed by atoms with Crippen LogP contribution in [0.2, 0.25) is 0 Å². The maximum atomic E-state index is 6.64. The summed E-state index contributed by atoms with van der Waals surface area (Å²) in [5.41, 5.74) is 11.0. The molecule has 1 saturated carbocycles. The SMILES string of the molecule is Cc1cccc(C)c1CC(N)C1(N(C)C)CCCC1. The standard InChI is InChI=1S/C17H28N2/c1-13-8-7-9-14(2)15(13)12-16(18)17(19(3)4)10-5-6-11-17/h7-9,16H,5-6,10-12,18H2,1-4H3. The molecule has 1 aliphatic carbocycles. The zero-order valence-corrected chi connectivity index (χ0v) is 12.9. The number of aryl methyl sites for hydroxylation is 2. The second-order valence-electron chi connectivity index (χ2n) is 6.39. The molecule has 0 amide bonds. The third-order valence-electron chi connectivity index (χ3n) is 5.12. The first kappa shape index (κ1) is 14.5. The number of benzene rings is 1. The Balaban J connectivity index is 2.22. The Morgan fingerprint density at radius 2 is 1.68 bits per heavy atom. The lowest BCUT2D eigenvalue weighted by atomic mass is 9.82. The molecule has 2 nitrogen and oxygen atoms in total. The van der Waals surface area contributed by atoms with Crippen LogP contribution in [-0.4, -0.2) is 30.6 Å². The fourth-order valence-corrected chi connectivity index (χ4v) is 3.72. The summed E-state index contributed by atoms with van der Waals surface area (Å²) in [4.78, 5) is 2.37. The van der Waals surface area contributed by atoms with Crippen LogP contribution in [0.3, 0.4) is 0 Å². The van der Waals surface area contributed by atoms with Crippen molar-refractivity contribution >= 4 is 0 Å². The van der Waals surface area contributed by atoms with Crippen molar-refractivity contribution in [3.05, 3.63) is 34.9 Å². The maximum Gasteiger partial charge on any atom is 0.0357 e. The monoisotopic (exact) mass is 260 g/mol. The van der Waals surface area contributed by atoms with Gasteiger partial charge >= 0.3 is 0 Å². The topological polar surface area (TPSA) is 29.3 Å². The first-order chi connectivity index (χ1) is 8.97. The van der Waals surface area contributed by atoms with Gasteiger partial charge in [-0.05, 0) is 63.9 Å². The molecule has 1 aromatic rings. The van der Waals surface area contributed by atoms with Crippen molar-refractivity contribution in [2.45, 2.75) is 57.5 Å². The van der Waals surface area contributed by atoms with Gasteiger partial charge < -0.3 is 10.6 Å². The summed E-state index contributed by atoms with van der Waals surface area (Å²) in [5.74, 6) is 0. The second-order valence-corrected chi connectivity index (χ2v) is 6.39. The summed E-state index contributed by atoms with van der Waals surface area (Å²) in [6.07, 6.45) is 6.12. The van der Waals surface area contributed by atoms with Crippen LogP contribution < -0.4 is 5.73 Å². The minimum Gasteiger partial charge on any atom is -0.326 e. The average Bonchev–Trinajstić information content (AvgIpc) is 2.84. The van der Waals surface area contributed by atoms with Crippen LogP contribution in [0.15, 0.2) is 18.2 Å². The van der Waals surface area contributed by atoms with Crippen LogP contribution in [0, 0.1) is 13.8 Å². The summed E-state index contributed by atoms with van der Waals surface area (Å²) in [6.45, 7) is 4.40. The van der Waals surface area contributed by atoms with Gasteiger partial charge in [-0.15, -0.1) is 0 Å². The Labute approximate surface area is 118 Å². The van der Waals surface area contributed by atoms with E-state index in [9.17, 15) is 0 Å². The molecular formula is C17H28N2. The summed E-state index contributed by atoms with van der Waals surface area (Å²) in [5, 5.41) is 0. The van der Waals surface area contributed by atoms with Crippen molar-refractivity contribution in [3.63, 3.8) is 0 Å². The van der Waals surface area contributed by atoms with Gasteiger partial charge in [0.2, 0.25) is 0 Å².